The van der Waals surface area contributed by atoms with E-state index in [0.717, 1.165) is 29.4 Å². The minimum absolute atomic E-state index is 0.0339. The van der Waals surface area contributed by atoms with Crippen LogP contribution < -0.4 is 14.8 Å². The molecule has 1 amide bonds. The van der Waals surface area contributed by atoms with Gasteiger partial charge >= 0.3 is 0 Å². The molecule has 1 aromatic rings. The lowest BCUT2D eigenvalue weighted by Gasteiger charge is -2.31. The second-order valence-corrected chi connectivity index (χ2v) is 8.00. The van der Waals surface area contributed by atoms with Gasteiger partial charge in [0.05, 0.1) is 25.3 Å². The van der Waals surface area contributed by atoms with E-state index in [1.807, 2.05) is 37.9 Å². The molecule has 1 aromatic carbocycles. The molecule has 0 aliphatic carbocycles. The quantitative estimate of drug-likeness (QED) is 0.663. The van der Waals surface area contributed by atoms with Crippen LogP contribution in [0.3, 0.4) is 0 Å². The second kappa shape index (κ2) is 8.97. The highest BCUT2D eigenvalue weighted by molar-refractivity contribution is 8.00. The topological polar surface area (TPSA) is 60.0 Å². The van der Waals surface area contributed by atoms with Gasteiger partial charge in [0.1, 0.15) is 0 Å². The van der Waals surface area contributed by atoms with Crippen molar-refractivity contribution in [3.8, 4) is 11.5 Å². The predicted molar refractivity (Wildman–Crippen MR) is 103 cm³/mol. The molecule has 0 aromatic heterocycles. The number of nitrogens with zero attached hydrogens (tertiary/aromatic N) is 1. The molecule has 0 radical (unpaired) electrons. The van der Waals surface area contributed by atoms with Gasteiger partial charge in [-0.1, -0.05) is 6.07 Å². The third kappa shape index (κ3) is 5.05. The van der Waals surface area contributed by atoms with Crippen molar-refractivity contribution in [2.24, 2.45) is 0 Å². The largest absolute Gasteiger partial charge is 0.454 e. The molecule has 7 heteroatoms. The molecular formula is C19H28N2O4S. The summed E-state index contributed by atoms with van der Waals surface area (Å²) >= 11 is 1.88. The van der Waals surface area contributed by atoms with Gasteiger partial charge in [0.25, 0.3) is 0 Å². The highest BCUT2D eigenvalue weighted by atomic mass is 32.2. The molecule has 1 fully saturated rings. The summed E-state index contributed by atoms with van der Waals surface area (Å²) in [5, 5.41) is 3.05. The average molecular weight is 381 g/mol. The van der Waals surface area contributed by atoms with Crippen molar-refractivity contribution in [3.05, 3.63) is 23.8 Å². The summed E-state index contributed by atoms with van der Waals surface area (Å²) in [6.45, 7) is 4.96. The summed E-state index contributed by atoms with van der Waals surface area (Å²) in [5.41, 5.74) is 1.19. The first-order valence-corrected chi connectivity index (χ1v) is 10.3. The number of hydrogen-bond donors (Lipinski definition) is 1. The fourth-order valence-corrected chi connectivity index (χ4v) is 3.59. The van der Waals surface area contributed by atoms with Crippen molar-refractivity contribution in [2.45, 2.75) is 45.0 Å². The molecule has 6 nitrogen and oxygen atoms in total. The molecule has 144 valence electrons. The standard InChI is InChI=1S/C19H28N2O4S/c1-13(8-15-4-5-17-18(9-15)25-12-24-17)21(3)14(2)20-19(22)6-7-23-16-10-26-11-16/h4-5,9,13-14,16H,6-8,10-12H2,1-3H3,(H,20,22). The van der Waals surface area contributed by atoms with E-state index >= 15 is 0 Å². The molecule has 1 N–H and O–H groups in total. The number of hydrogen-bond acceptors (Lipinski definition) is 6. The van der Waals surface area contributed by atoms with Crippen LogP contribution in [0, 0.1) is 0 Å². The Morgan fingerprint density at radius 3 is 2.85 bits per heavy atom. The summed E-state index contributed by atoms with van der Waals surface area (Å²) in [6.07, 6.45) is 1.59. The Labute approximate surface area is 159 Å². The van der Waals surface area contributed by atoms with Gasteiger partial charge in [-0.15, -0.1) is 0 Å². The van der Waals surface area contributed by atoms with Crippen LogP contribution in [0.15, 0.2) is 18.2 Å². The third-order valence-corrected chi connectivity index (χ3v) is 6.15. The Bertz CT molecular complexity index is 624. The van der Waals surface area contributed by atoms with Gasteiger partial charge in [0.15, 0.2) is 11.5 Å². The zero-order chi connectivity index (χ0) is 18.5. The number of ether oxygens (including phenoxy) is 3. The second-order valence-electron chi connectivity index (χ2n) is 6.93. The molecular weight excluding hydrogens is 352 g/mol. The number of thioether (sulfide) groups is 1. The number of amides is 1. The van der Waals surface area contributed by atoms with Gasteiger partial charge in [0, 0.05) is 17.5 Å². The number of benzene rings is 1. The van der Waals surface area contributed by atoms with E-state index in [-0.39, 0.29) is 18.1 Å². The first-order chi connectivity index (χ1) is 12.5. The van der Waals surface area contributed by atoms with Crippen LogP contribution in [-0.4, -0.2) is 61.1 Å². The van der Waals surface area contributed by atoms with Gasteiger partial charge in [-0.2, -0.15) is 11.8 Å². The van der Waals surface area contributed by atoms with Crippen LogP contribution in [0.2, 0.25) is 0 Å². The fraction of sp³-hybridized carbons (Fsp3) is 0.632. The summed E-state index contributed by atoms with van der Waals surface area (Å²) in [5.74, 6) is 3.75. The number of fused-ring (bicyclic) bond motifs is 1. The van der Waals surface area contributed by atoms with Crippen molar-refractivity contribution in [2.75, 3.05) is 32.0 Å². The van der Waals surface area contributed by atoms with E-state index in [0.29, 0.717) is 25.9 Å². The average Bonchev–Trinajstić information content (AvgIpc) is 3.04. The van der Waals surface area contributed by atoms with E-state index in [9.17, 15) is 4.79 Å². The molecule has 0 spiro atoms. The van der Waals surface area contributed by atoms with Crippen LogP contribution in [0.25, 0.3) is 0 Å². The van der Waals surface area contributed by atoms with Crippen LogP contribution >= 0.6 is 11.8 Å². The Hall–Kier alpha value is -1.44. The molecule has 2 atom stereocenters. The first-order valence-electron chi connectivity index (χ1n) is 9.12. The number of rotatable bonds is 9. The highest BCUT2D eigenvalue weighted by Crippen LogP contribution is 2.33. The van der Waals surface area contributed by atoms with Crippen LogP contribution in [-0.2, 0) is 16.0 Å². The Morgan fingerprint density at radius 1 is 1.35 bits per heavy atom. The minimum Gasteiger partial charge on any atom is -0.454 e. The SMILES string of the molecule is CC(Cc1ccc2c(c1)OCO2)N(C)C(C)NC(=O)CCOC1CSC1. The normalized spacial score (nSPS) is 18.5. The lowest BCUT2D eigenvalue weighted by molar-refractivity contribution is -0.124. The van der Waals surface area contributed by atoms with E-state index in [1.54, 1.807) is 0 Å². The molecule has 0 bridgehead atoms. The van der Waals surface area contributed by atoms with Crippen molar-refractivity contribution < 1.29 is 19.0 Å². The van der Waals surface area contributed by atoms with Crippen molar-refractivity contribution in [1.82, 2.24) is 10.2 Å². The lowest BCUT2D eigenvalue weighted by Crippen LogP contribution is -2.48. The molecule has 1 saturated heterocycles. The third-order valence-electron chi connectivity index (χ3n) is 4.93. The molecule has 2 heterocycles. The molecule has 26 heavy (non-hydrogen) atoms. The molecule has 2 aliphatic heterocycles. The van der Waals surface area contributed by atoms with E-state index in [4.69, 9.17) is 14.2 Å². The van der Waals surface area contributed by atoms with Gasteiger partial charge in [-0.25, -0.2) is 0 Å². The van der Waals surface area contributed by atoms with E-state index < -0.39 is 0 Å². The Kier molecular flexibility index (Phi) is 6.67. The summed E-state index contributed by atoms with van der Waals surface area (Å²) in [6, 6.07) is 6.33. The summed E-state index contributed by atoms with van der Waals surface area (Å²) in [4.78, 5) is 14.3. The molecule has 3 rings (SSSR count). The lowest BCUT2D eigenvalue weighted by atomic mass is 10.1. The number of carbonyl (C=O) groups excluding carboxylic acids is 1. The van der Waals surface area contributed by atoms with Gasteiger partial charge in [-0.05, 0) is 45.0 Å². The maximum atomic E-state index is 12.1. The maximum absolute atomic E-state index is 12.1. The number of carbonyl (C=O) groups is 1. The molecule has 0 saturated carbocycles. The zero-order valence-electron chi connectivity index (χ0n) is 15.7. The van der Waals surface area contributed by atoms with Crippen LogP contribution in [0.1, 0.15) is 25.8 Å². The molecule has 2 unspecified atom stereocenters. The van der Waals surface area contributed by atoms with Crippen molar-refractivity contribution in [1.29, 1.82) is 0 Å². The van der Waals surface area contributed by atoms with Gasteiger partial charge in [0.2, 0.25) is 12.7 Å². The van der Waals surface area contributed by atoms with Gasteiger partial charge in [-0.3, -0.25) is 9.69 Å². The number of likely N-dealkylation sites (N-methyl/N-ethyl adjacent to an activating group) is 1. The minimum atomic E-state index is -0.0363. The smallest absolute Gasteiger partial charge is 0.231 e. The highest BCUT2D eigenvalue weighted by Gasteiger charge is 2.21. The van der Waals surface area contributed by atoms with Crippen LogP contribution in [0.4, 0.5) is 0 Å². The van der Waals surface area contributed by atoms with Crippen LogP contribution in [0.5, 0.6) is 11.5 Å². The fourth-order valence-electron chi connectivity index (χ4n) is 2.97. The monoisotopic (exact) mass is 380 g/mol. The summed E-state index contributed by atoms with van der Waals surface area (Å²) < 4.78 is 16.4. The van der Waals surface area contributed by atoms with E-state index in [2.05, 4.69) is 23.2 Å². The predicted octanol–water partition coefficient (Wildman–Crippen LogP) is 2.26. The summed E-state index contributed by atoms with van der Waals surface area (Å²) in [7, 11) is 2.03. The van der Waals surface area contributed by atoms with Crippen molar-refractivity contribution in [3.63, 3.8) is 0 Å². The van der Waals surface area contributed by atoms with E-state index in [1.165, 1.54) is 5.56 Å². The van der Waals surface area contributed by atoms with Gasteiger partial charge < -0.3 is 19.5 Å². The number of nitrogens with one attached hydrogen (secondary N) is 1. The first kappa shape index (κ1) is 19.3. The Balaban J connectivity index is 1.41. The maximum Gasteiger partial charge on any atom is 0.231 e. The van der Waals surface area contributed by atoms with Crippen molar-refractivity contribution >= 4 is 17.7 Å². The Morgan fingerprint density at radius 2 is 2.12 bits per heavy atom. The molecule has 2 aliphatic rings. The zero-order valence-corrected chi connectivity index (χ0v) is 16.5.